The van der Waals surface area contributed by atoms with E-state index in [-0.39, 0.29) is 12.6 Å². The Balaban J connectivity index is 1.96. The fraction of sp³-hybridized carbons (Fsp3) is 0.538. The third-order valence-corrected chi connectivity index (χ3v) is 4.93. The summed E-state index contributed by atoms with van der Waals surface area (Å²) in [4.78, 5) is 0. The lowest BCUT2D eigenvalue weighted by atomic mass is 9.96. The van der Waals surface area contributed by atoms with Crippen molar-refractivity contribution in [2.75, 3.05) is 23.4 Å². The molecule has 1 aliphatic rings. The van der Waals surface area contributed by atoms with Crippen LogP contribution in [0.25, 0.3) is 0 Å². The van der Waals surface area contributed by atoms with E-state index in [1.165, 1.54) is 18.6 Å². The van der Waals surface area contributed by atoms with E-state index in [4.69, 9.17) is 0 Å². The second-order valence-electron chi connectivity index (χ2n) is 4.42. The zero-order valence-electron chi connectivity index (χ0n) is 9.73. The van der Waals surface area contributed by atoms with Crippen LogP contribution in [0.2, 0.25) is 0 Å². The van der Waals surface area contributed by atoms with Crippen LogP contribution >= 0.6 is 27.7 Å². The van der Waals surface area contributed by atoms with Crippen molar-refractivity contribution in [1.82, 2.24) is 0 Å². The number of hydrogen-bond acceptors (Lipinski definition) is 3. The molecule has 2 rings (SSSR count). The molecule has 0 saturated carbocycles. The van der Waals surface area contributed by atoms with Crippen LogP contribution < -0.4 is 5.32 Å². The number of aliphatic hydroxyl groups excluding tert-OH is 1. The van der Waals surface area contributed by atoms with Crippen LogP contribution in [0.5, 0.6) is 0 Å². The van der Waals surface area contributed by atoms with Crippen molar-refractivity contribution >= 4 is 33.4 Å². The maximum Gasteiger partial charge on any atom is 0.0635 e. The highest BCUT2D eigenvalue weighted by Crippen LogP contribution is 2.27. The standard InChI is InChI=1S/C13H18BrNOS/c14-11-3-5-12(6-4-11)15-13(8-16)10-2-1-7-17-9-10/h3-6,10,13,15-16H,1-2,7-9H2. The number of nitrogens with one attached hydrogen (secondary N) is 1. The maximum absolute atomic E-state index is 9.51. The third kappa shape index (κ3) is 3.90. The number of aliphatic hydroxyl groups is 1. The highest BCUT2D eigenvalue weighted by molar-refractivity contribution is 9.10. The Bertz CT molecular complexity index is 338. The van der Waals surface area contributed by atoms with Crippen LogP contribution in [-0.4, -0.2) is 29.3 Å². The summed E-state index contributed by atoms with van der Waals surface area (Å²) in [5, 5.41) is 13.0. The molecule has 1 aromatic rings. The topological polar surface area (TPSA) is 32.3 Å². The van der Waals surface area contributed by atoms with Crippen LogP contribution in [0.1, 0.15) is 12.8 Å². The Morgan fingerprint density at radius 2 is 2.18 bits per heavy atom. The van der Waals surface area contributed by atoms with E-state index in [2.05, 4.69) is 21.2 Å². The van der Waals surface area contributed by atoms with Crippen LogP contribution in [0.15, 0.2) is 28.7 Å². The Kier molecular flexibility index (Phi) is 5.19. The predicted molar refractivity (Wildman–Crippen MR) is 78.7 cm³/mol. The van der Waals surface area contributed by atoms with E-state index in [0.29, 0.717) is 5.92 Å². The Hall–Kier alpha value is -0.190. The summed E-state index contributed by atoms with van der Waals surface area (Å²) in [6.07, 6.45) is 2.50. The van der Waals surface area contributed by atoms with Gasteiger partial charge in [-0.25, -0.2) is 0 Å². The van der Waals surface area contributed by atoms with Gasteiger partial charge in [-0.15, -0.1) is 0 Å². The van der Waals surface area contributed by atoms with Gasteiger partial charge in [0.2, 0.25) is 0 Å². The molecule has 0 aromatic heterocycles. The second kappa shape index (κ2) is 6.66. The quantitative estimate of drug-likeness (QED) is 0.893. The average Bonchev–Trinajstić information content (AvgIpc) is 2.39. The monoisotopic (exact) mass is 315 g/mol. The first-order valence-electron chi connectivity index (χ1n) is 6.00. The fourth-order valence-electron chi connectivity index (χ4n) is 2.16. The molecule has 4 heteroatoms. The molecule has 0 spiro atoms. The van der Waals surface area contributed by atoms with Crippen molar-refractivity contribution in [3.8, 4) is 0 Å². The lowest BCUT2D eigenvalue weighted by molar-refractivity contribution is 0.239. The van der Waals surface area contributed by atoms with E-state index < -0.39 is 0 Å². The minimum atomic E-state index is 0.184. The van der Waals surface area contributed by atoms with Gasteiger partial charge in [-0.05, 0) is 54.5 Å². The zero-order chi connectivity index (χ0) is 12.1. The number of rotatable bonds is 4. The Labute approximate surface area is 115 Å². The number of thioether (sulfide) groups is 1. The Morgan fingerprint density at radius 3 is 2.76 bits per heavy atom. The second-order valence-corrected chi connectivity index (χ2v) is 6.48. The zero-order valence-corrected chi connectivity index (χ0v) is 12.1. The van der Waals surface area contributed by atoms with Gasteiger partial charge in [-0.3, -0.25) is 0 Å². The molecule has 0 bridgehead atoms. The maximum atomic E-state index is 9.51. The highest BCUT2D eigenvalue weighted by atomic mass is 79.9. The smallest absolute Gasteiger partial charge is 0.0635 e. The molecule has 1 fully saturated rings. The van der Waals surface area contributed by atoms with Gasteiger partial charge in [0, 0.05) is 10.2 Å². The molecule has 94 valence electrons. The van der Waals surface area contributed by atoms with Crippen molar-refractivity contribution in [1.29, 1.82) is 0 Å². The molecule has 0 amide bonds. The van der Waals surface area contributed by atoms with Crippen molar-refractivity contribution in [2.24, 2.45) is 5.92 Å². The molecular weight excluding hydrogens is 298 g/mol. The lowest BCUT2D eigenvalue weighted by Crippen LogP contribution is -2.35. The Morgan fingerprint density at radius 1 is 1.41 bits per heavy atom. The molecule has 1 aliphatic heterocycles. The molecule has 17 heavy (non-hydrogen) atoms. The summed E-state index contributed by atoms with van der Waals surface area (Å²) < 4.78 is 1.08. The van der Waals surface area contributed by atoms with Gasteiger partial charge in [0.05, 0.1) is 12.6 Å². The minimum Gasteiger partial charge on any atom is -0.394 e. The summed E-state index contributed by atoms with van der Waals surface area (Å²) in [5.41, 5.74) is 1.09. The average molecular weight is 316 g/mol. The van der Waals surface area contributed by atoms with E-state index in [9.17, 15) is 5.11 Å². The first-order chi connectivity index (χ1) is 8.29. The van der Waals surface area contributed by atoms with Gasteiger partial charge in [0.15, 0.2) is 0 Å². The van der Waals surface area contributed by atoms with Crippen LogP contribution in [0, 0.1) is 5.92 Å². The van der Waals surface area contributed by atoms with Gasteiger partial charge in [-0.2, -0.15) is 11.8 Å². The van der Waals surface area contributed by atoms with Crippen LogP contribution in [0.3, 0.4) is 0 Å². The number of anilines is 1. The SMILES string of the molecule is OCC(Nc1ccc(Br)cc1)C1CCCSC1. The largest absolute Gasteiger partial charge is 0.394 e. The van der Waals surface area contributed by atoms with Gasteiger partial charge in [0.1, 0.15) is 0 Å². The highest BCUT2D eigenvalue weighted by Gasteiger charge is 2.23. The molecule has 2 atom stereocenters. The molecule has 1 heterocycles. The molecule has 1 aromatic carbocycles. The first-order valence-corrected chi connectivity index (χ1v) is 7.95. The lowest BCUT2D eigenvalue weighted by Gasteiger charge is -2.30. The van der Waals surface area contributed by atoms with E-state index in [1.54, 1.807) is 0 Å². The molecule has 0 aliphatic carbocycles. The van der Waals surface area contributed by atoms with E-state index >= 15 is 0 Å². The minimum absolute atomic E-state index is 0.184. The van der Waals surface area contributed by atoms with Gasteiger partial charge in [0.25, 0.3) is 0 Å². The predicted octanol–water partition coefficient (Wildman–Crippen LogP) is 3.37. The van der Waals surface area contributed by atoms with Crippen molar-refractivity contribution < 1.29 is 5.11 Å². The van der Waals surface area contributed by atoms with Crippen molar-refractivity contribution in [3.05, 3.63) is 28.7 Å². The van der Waals surface area contributed by atoms with Crippen LogP contribution in [0.4, 0.5) is 5.69 Å². The van der Waals surface area contributed by atoms with Crippen molar-refractivity contribution in [2.45, 2.75) is 18.9 Å². The summed E-state index contributed by atoms with van der Waals surface area (Å²) in [6, 6.07) is 8.31. The molecule has 1 saturated heterocycles. The van der Waals surface area contributed by atoms with E-state index in [0.717, 1.165) is 15.9 Å². The van der Waals surface area contributed by atoms with Crippen molar-refractivity contribution in [3.63, 3.8) is 0 Å². The molecule has 2 N–H and O–H groups in total. The van der Waals surface area contributed by atoms with Gasteiger partial charge < -0.3 is 10.4 Å². The molecule has 2 unspecified atom stereocenters. The summed E-state index contributed by atoms with van der Waals surface area (Å²) in [6.45, 7) is 0.210. The van der Waals surface area contributed by atoms with Gasteiger partial charge in [-0.1, -0.05) is 15.9 Å². The fourth-order valence-corrected chi connectivity index (χ4v) is 3.66. The summed E-state index contributed by atoms with van der Waals surface area (Å²) in [5.74, 6) is 3.02. The molecule has 2 nitrogen and oxygen atoms in total. The summed E-state index contributed by atoms with van der Waals surface area (Å²) >= 11 is 5.43. The van der Waals surface area contributed by atoms with E-state index in [1.807, 2.05) is 36.0 Å². The number of halogens is 1. The van der Waals surface area contributed by atoms with Crippen LogP contribution in [-0.2, 0) is 0 Å². The molecule has 0 radical (unpaired) electrons. The third-order valence-electron chi connectivity index (χ3n) is 3.16. The number of hydrogen-bond donors (Lipinski definition) is 2. The first kappa shape index (κ1) is 13.2. The summed E-state index contributed by atoms with van der Waals surface area (Å²) in [7, 11) is 0. The molecular formula is C13H18BrNOS. The number of benzene rings is 1. The van der Waals surface area contributed by atoms with Gasteiger partial charge >= 0.3 is 0 Å². The normalized spacial score (nSPS) is 22.1.